The quantitative estimate of drug-likeness (QED) is 0.751. The van der Waals surface area contributed by atoms with E-state index >= 15 is 0 Å². The van der Waals surface area contributed by atoms with Crippen molar-refractivity contribution in [2.45, 2.75) is 38.3 Å². The van der Waals surface area contributed by atoms with Crippen molar-refractivity contribution in [2.75, 3.05) is 13.1 Å². The van der Waals surface area contributed by atoms with Gasteiger partial charge >= 0.3 is 0 Å². The van der Waals surface area contributed by atoms with E-state index in [-0.39, 0.29) is 11.9 Å². The van der Waals surface area contributed by atoms with Gasteiger partial charge in [-0.25, -0.2) is 4.98 Å². The molecule has 1 N–H and O–H groups in total. The van der Waals surface area contributed by atoms with Gasteiger partial charge in [-0.1, -0.05) is 6.07 Å². The van der Waals surface area contributed by atoms with Crippen molar-refractivity contribution >= 4 is 22.2 Å². The van der Waals surface area contributed by atoms with E-state index in [1.807, 2.05) is 45.3 Å². The number of pyridine rings is 1. The average Bonchev–Trinajstić information content (AvgIpc) is 3.12. The molecule has 1 atom stereocenters. The van der Waals surface area contributed by atoms with Crippen molar-refractivity contribution in [1.82, 2.24) is 24.6 Å². The Balaban J connectivity index is 1.53. The first-order valence-corrected chi connectivity index (χ1v) is 9.99. The molecule has 0 saturated carbocycles. The van der Waals surface area contributed by atoms with Crippen molar-refractivity contribution < 1.29 is 4.79 Å². The normalized spacial score (nSPS) is 17.9. The van der Waals surface area contributed by atoms with E-state index in [2.05, 4.69) is 15.3 Å². The third-order valence-corrected chi connectivity index (χ3v) is 5.61. The van der Waals surface area contributed by atoms with Gasteiger partial charge in [-0.3, -0.25) is 14.2 Å². The van der Waals surface area contributed by atoms with Gasteiger partial charge in [0.05, 0.1) is 24.4 Å². The van der Waals surface area contributed by atoms with Gasteiger partial charge in [-0.2, -0.15) is 0 Å². The van der Waals surface area contributed by atoms with Crippen LogP contribution in [0, 0.1) is 0 Å². The molecule has 4 rings (SSSR count). The summed E-state index contributed by atoms with van der Waals surface area (Å²) in [5.41, 5.74) is 1.77. The zero-order valence-electron chi connectivity index (χ0n) is 14.7. The van der Waals surface area contributed by atoms with E-state index in [1.54, 1.807) is 17.5 Å². The zero-order chi connectivity index (χ0) is 17.8. The van der Waals surface area contributed by atoms with Crippen LogP contribution in [0.5, 0.6) is 0 Å². The number of amides is 1. The van der Waals surface area contributed by atoms with Crippen LogP contribution < -0.4 is 5.32 Å². The van der Waals surface area contributed by atoms with Gasteiger partial charge in [0.25, 0.3) is 0 Å². The number of carbonyl (C=O) groups excluding carboxylic acids is 1. The molecule has 26 heavy (non-hydrogen) atoms. The molecule has 3 aromatic rings. The summed E-state index contributed by atoms with van der Waals surface area (Å²) >= 11 is 1.59. The molecule has 0 spiro atoms. The van der Waals surface area contributed by atoms with E-state index in [9.17, 15) is 4.79 Å². The predicted octanol–water partition coefficient (Wildman–Crippen LogP) is 2.50. The molecule has 1 saturated heterocycles. The molecule has 1 amide bonds. The average molecular weight is 369 g/mol. The molecule has 0 aromatic carbocycles. The number of hydrogen-bond donors (Lipinski definition) is 1. The number of imidazole rings is 1. The van der Waals surface area contributed by atoms with Gasteiger partial charge in [0.15, 0.2) is 4.96 Å². The molecule has 4 heterocycles. The third kappa shape index (κ3) is 3.94. The highest BCUT2D eigenvalue weighted by Crippen LogP contribution is 2.19. The van der Waals surface area contributed by atoms with Crippen molar-refractivity contribution in [3.63, 3.8) is 0 Å². The summed E-state index contributed by atoms with van der Waals surface area (Å²) < 4.78 is 1.98. The first kappa shape index (κ1) is 17.2. The Kier molecular flexibility index (Phi) is 5.26. The third-order valence-electron chi connectivity index (χ3n) is 4.84. The van der Waals surface area contributed by atoms with Gasteiger partial charge < -0.3 is 10.2 Å². The van der Waals surface area contributed by atoms with E-state index in [1.165, 1.54) is 0 Å². The van der Waals surface area contributed by atoms with Crippen LogP contribution in [0.4, 0.5) is 0 Å². The van der Waals surface area contributed by atoms with Crippen LogP contribution in [0.3, 0.4) is 0 Å². The molecule has 7 heteroatoms. The number of thiazole rings is 1. The number of nitrogens with zero attached hydrogens (tertiary/aromatic N) is 4. The number of carbonyl (C=O) groups is 1. The number of rotatable bonds is 5. The molecule has 1 aliphatic heterocycles. The minimum atomic E-state index is 0.133. The summed E-state index contributed by atoms with van der Waals surface area (Å²) in [6.45, 7) is 2.54. The summed E-state index contributed by atoms with van der Waals surface area (Å²) in [4.78, 5) is 25.1. The lowest BCUT2D eigenvalue weighted by molar-refractivity contribution is -0.133. The lowest BCUT2D eigenvalue weighted by Crippen LogP contribution is -2.41. The Hall–Kier alpha value is -2.25. The van der Waals surface area contributed by atoms with Crippen LogP contribution in [-0.4, -0.2) is 44.3 Å². The molecule has 136 valence electrons. The molecule has 1 fully saturated rings. The Labute approximate surface area is 156 Å². The number of nitrogens with one attached hydrogen (secondary N) is 1. The highest BCUT2D eigenvalue weighted by atomic mass is 32.1. The first-order chi connectivity index (χ1) is 12.8. The number of fused-ring (bicyclic) bond motifs is 1. The van der Waals surface area contributed by atoms with Crippen LogP contribution in [-0.2, 0) is 17.8 Å². The summed E-state index contributed by atoms with van der Waals surface area (Å²) in [6.07, 6.45) is 9.17. The maximum Gasteiger partial charge on any atom is 0.229 e. The summed E-state index contributed by atoms with van der Waals surface area (Å²) in [7, 11) is 0. The Morgan fingerprint density at radius 3 is 3.12 bits per heavy atom. The van der Waals surface area contributed by atoms with Crippen LogP contribution in [0.2, 0.25) is 0 Å². The maximum atomic E-state index is 13.2. The monoisotopic (exact) mass is 369 g/mol. The molecular weight excluding hydrogens is 346 g/mol. The Morgan fingerprint density at radius 1 is 1.31 bits per heavy atom. The minimum absolute atomic E-state index is 0.133. The number of aromatic nitrogens is 3. The molecule has 0 bridgehead atoms. The van der Waals surface area contributed by atoms with Crippen molar-refractivity contribution in [2.24, 2.45) is 0 Å². The lowest BCUT2D eigenvalue weighted by Gasteiger charge is -2.31. The summed E-state index contributed by atoms with van der Waals surface area (Å²) in [6, 6.07) is 6.12. The Bertz CT molecular complexity index is 823. The standard InChI is InChI=1S/C19H23N5OS/c25-18(12-16-13-23-10-11-26-19(23)22-16)24(14-15-4-1-2-8-21-15)17-5-3-7-20-9-6-17/h1-2,4,8,10-11,13,17,20H,3,5-7,9,12,14H2. The van der Waals surface area contributed by atoms with Crippen LogP contribution in [0.15, 0.2) is 42.2 Å². The van der Waals surface area contributed by atoms with Gasteiger partial charge in [-0.05, 0) is 44.5 Å². The fraction of sp³-hybridized carbons (Fsp3) is 0.421. The summed E-state index contributed by atoms with van der Waals surface area (Å²) in [5, 5.41) is 5.43. The van der Waals surface area contributed by atoms with Gasteiger partial charge in [0.1, 0.15) is 0 Å². The second kappa shape index (κ2) is 7.97. The largest absolute Gasteiger partial charge is 0.333 e. The molecule has 0 aliphatic carbocycles. The van der Waals surface area contributed by atoms with Crippen molar-refractivity contribution in [3.8, 4) is 0 Å². The second-order valence-corrected chi connectivity index (χ2v) is 7.55. The van der Waals surface area contributed by atoms with E-state index in [0.717, 1.165) is 48.7 Å². The van der Waals surface area contributed by atoms with Gasteiger partial charge in [0.2, 0.25) is 5.91 Å². The number of hydrogen-bond acceptors (Lipinski definition) is 5. The van der Waals surface area contributed by atoms with Crippen molar-refractivity contribution in [3.05, 3.63) is 53.6 Å². The molecule has 1 unspecified atom stereocenters. The van der Waals surface area contributed by atoms with E-state index < -0.39 is 0 Å². The van der Waals surface area contributed by atoms with E-state index in [4.69, 9.17) is 0 Å². The predicted molar refractivity (Wildman–Crippen MR) is 102 cm³/mol. The van der Waals surface area contributed by atoms with E-state index in [0.29, 0.717) is 13.0 Å². The SMILES string of the molecule is O=C(Cc1cn2ccsc2n1)N(Cc1ccccn1)C1CCCNCC1. The van der Waals surface area contributed by atoms with Crippen molar-refractivity contribution in [1.29, 1.82) is 0 Å². The minimum Gasteiger partial charge on any atom is -0.333 e. The van der Waals surface area contributed by atoms with Gasteiger partial charge in [-0.15, -0.1) is 11.3 Å². The fourth-order valence-corrected chi connectivity index (χ4v) is 4.24. The van der Waals surface area contributed by atoms with Crippen LogP contribution in [0.25, 0.3) is 4.96 Å². The first-order valence-electron chi connectivity index (χ1n) is 9.11. The molecule has 0 radical (unpaired) electrons. The zero-order valence-corrected chi connectivity index (χ0v) is 15.5. The molecule has 6 nitrogen and oxygen atoms in total. The Morgan fingerprint density at radius 2 is 2.27 bits per heavy atom. The summed E-state index contributed by atoms with van der Waals surface area (Å²) in [5.74, 6) is 0.133. The second-order valence-electron chi connectivity index (χ2n) is 6.68. The maximum absolute atomic E-state index is 13.2. The fourth-order valence-electron chi connectivity index (χ4n) is 3.52. The highest BCUT2D eigenvalue weighted by molar-refractivity contribution is 7.15. The molecular formula is C19H23N5OS. The molecule has 1 aliphatic rings. The smallest absolute Gasteiger partial charge is 0.229 e. The lowest BCUT2D eigenvalue weighted by atomic mass is 10.1. The molecule has 3 aromatic heterocycles. The van der Waals surface area contributed by atoms with Crippen LogP contribution in [0.1, 0.15) is 30.7 Å². The van der Waals surface area contributed by atoms with Gasteiger partial charge in [0, 0.05) is 30.0 Å². The van der Waals surface area contributed by atoms with Crippen LogP contribution >= 0.6 is 11.3 Å². The topological polar surface area (TPSA) is 62.5 Å². The highest BCUT2D eigenvalue weighted by Gasteiger charge is 2.25.